The lowest BCUT2D eigenvalue weighted by Crippen LogP contribution is -2.64. The smallest absolute Gasteiger partial charge is 0.462 e. The first-order chi connectivity index (χ1) is 32.2. The molecule has 1 saturated carbocycles. The van der Waals surface area contributed by atoms with Gasteiger partial charge in [-0.25, -0.2) is 4.57 Å². The molecule has 0 radical (unpaired) electrons. The van der Waals surface area contributed by atoms with Gasteiger partial charge in [0.05, 0.1) is 18.8 Å². The minimum atomic E-state index is -5.19. The first-order valence-corrected chi connectivity index (χ1v) is 25.4. The van der Waals surface area contributed by atoms with Crippen LogP contribution in [0.3, 0.4) is 0 Å². The van der Waals surface area contributed by atoms with E-state index in [1.54, 1.807) is 42.5 Å². The molecule has 0 bridgehead atoms. The summed E-state index contributed by atoms with van der Waals surface area (Å²) in [5.41, 5.74) is 0. The van der Waals surface area contributed by atoms with E-state index in [0.717, 1.165) is 25.7 Å². The van der Waals surface area contributed by atoms with Gasteiger partial charge in [0.25, 0.3) is 0 Å². The lowest BCUT2D eigenvalue weighted by molar-refractivity contribution is -0.220. The van der Waals surface area contributed by atoms with Gasteiger partial charge in [0.2, 0.25) is 0 Å². The predicted molar refractivity (Wildman–Crippen MR) is 260 cm³/mol. The van der Waals surface area contributed by atoms with E-state index in [1.165, 1.54) is 38.5 Å². The van der Waals surface area contributed by atoms with Crippen molar-refractivity contribution in [3.05, 3.63) is 109 Å². The molecule has 15 nitrogen and oxygen atoms in total. The molecular formula is C51H81O15P. The third kappa shape index (κ3) is 32.0. The van der Waals surface area contributed by atoms with Gasteiger partial charge in [0, 0.05) is 12.8 Å². The number of phosphoric acid groups is 1. The quantitative estimate of drug-likeness (QED) is 0.00984. The summed E-state index contributed by atoms with van der Waals surface area (Å²) in [4.78, 5) is 35.7. The van der Waals surface area contributed by atoms with Crippen LogP contribution in [0.4, 0.5) is 0 Å². The molecular weight excluding hydrogens is 884 g/mol. The average Bonchev–Trinajstić information content (AvgIpc) is 3.30. The first-order valence-electron chi connectivity index (χ1n) is 23.9. The van der Waals surface area contributed by atoms with E-state index in [-0.39, 0.29) is 12.8 Å². The van der Waals surface area contributed by atoms with Crippen LogP contribution in [0.1, 0.15) is 129 Å². The molecule has 3 unspecified atom stereocenters. The molecule has 380 valence electrons. The van der Waals surface area contributed by atoms with Gasteiger partial charge in [0.1, 0.15) is 43.2 Å². The zero-order chi connectivity index (χ0) is 49.5. The lowest BCUT2D eigenvalue weighted by Gasteiger charge is -2.41. The van der Waals surface area contributed by atoms with Crippen LogP contribution < -0.4 is 0 Å². The summed E-state index contributed by atoms with van der Waals surface area (Å²) < 4.78 is 33.3. The highest BCUT2D eigenvalue weighted by atomic mass is 31.2. The largest absolute Gasteiger partial charge is 0.472 e. The zero-order valence-corrected chi connectivity index (χ0v) is 40.5. The average molecular weight is 965 g/mol. The Hall–Kier alpha value is -3.57. The molecule has 0 heterocycles. The van der Waals surface area contributed by atoms with Gasteiger partial charge in [-0.05, 0) is 70.6 Å². The van der Waals surface area contributed by atoms with Crippen molar-refractivity contribution in [2.24, 2.45) is 0 Å². The Morgan fingerprint density at radius 1 is 0.567 bits per heavy atom. The van der Waals surface area contributed by atoms with Crippen molar-refractivity contribution in [2.45, 2.75) is 184 Å². The van der Waals surface area contributed by atoms with Crippen LogP contribution in [0.25, 0.3) is 0 Å². The number of rotatable bonds is 37. The fourth-order valence-corrected chi connectivity index (χ4v) is 7.37. The third-order valence-electron chi connectivity index (χ3n) is 10.3. The Morgan fingerprint density at radius 3 is 1.75 bits per heavy atom. The van der Waals surface area contributed by atoms with E-state index < -0.39 is 87.9 Å². The number of aliphatic hydroxyl groups is 7. The minimum Gasteiger partial charge on any atom is -0.462 e. The van der Waals surface area contributed by atoms with E-state index in [9.17, 15) is 54.8 Å². The summed E-state index contributed by atoms with van der Waals surface area (Å²) in [7, 11) is -5.19. The predicted octanol–water partition coefficient (Wildman–Crippen LogP) is 7.55. The van der Waals surface area contributed by atoms with Crippen LogP contribution >= 0.6 is 7.82 Å². The van der Waals surface area contributed by atoms with Crippen LogP contribution in [0.2, 0.25) is 0 Å². The number of hydrogen-bond acceptors (Lipinski definition) is 14. The van der Waals surface area contributed by atoms with Crippen LogP contribution in [-0.4, -0.2) is 121 Å². The first kappa shape index (κ1) is 61.4. The third-order valence-corrected chi connectivity index (χ3v) is 11.3. The fraction of sp³-hybridized carbons (Fsp3) is 0.608. The molecule has 0 aromatic heterocycles. The lowest BCUT2D eigenvalue weighted by atomic mass is 9.85. The van der Waals surface area contributed by atoms with Crippen molar-refractivity contribution >= 4 is 19.8 Å². The van der Waals surface area contributed by atoms with Gasteiger partial charge in [0.15, 0.2) is 6.10 Å². The molecule has 0 spiro atoms. The number of allylic oxidation sites excluding steroid dienone is 14. The van der Waals surface area contributed by atoms with Gasteiger partial charge in [-0.3, -0.25) is 18.6 Å². The molecule has 1 aliphatic carbocycles. The molecule has 0 aromatic rings. The second kappa shape index (κ2) is 39.3. The van der Waals surface area contributed by atoms with Crippen LogP contribution in [0.15, 0.2) is 109 Å². The van der Waals surface area contributed by atoms with E-state index in [1.807, 2.05) is 49.5 Å². The number of esters is 2. The normalized spacial score (nSPS) is 23.1. The van der Waals surface area contributed by atoms with Crippen molar-refractivity contribution in [1.29, 1.82) is 0 Å². The topological polar surface area (TPSA) is 250 Å². The van der Waals surface area contributed by atoms with Crippen LogP contribution in [0, 0.1) is 0 Å². The minimum absolute atomic E-state index is 0.0249. The molecule has 1 aliphatic rings. The second-order valence-corrected chi connectivity index (χ2v) is 17.7. The Morgan fingerprint density at radius 2 is 1.10 bits per heavy atom. The highest BCUT2D eigenvalue weighted by Gasteiger charge is 2.51. The molecule has 0 saturated heterocycles. The molecule has 0 aromatic carbocycles. The number of hydrogen-bond donors (Lipinski definition) is 8. The van der Waals surface area contributed by atoms with E-state index in [0.29, 0.717) is 38.5 Å². The second-order valence-electron chi connectivity index (χ2n) is 16.3. The molecule has 0 aliphatic heterocycles. The molecule has 67 heavy (non-hydrogen) atoms. The number of phosphoric ester groups is 1. The maximum atomic E-state index is 12.8. The number of carbonyl (C=O) groups excluding carboxylic acids is 2. The van der Waals surface area contributed by atoms with Gasteiger partial charge in [-0.2, -0.15) is 0 Å². The van der Waals surface area contributed by atoms with Crippen molar-refractivity contribution in [1.82, 2.24) is 0 Å². The molecule has 10 atom stereocenters. The maximum Gasteiger partial charge on any atom is 0.472 e. The van der Waals surface area contributed by atoms with Crippen molar-refractivity contribution in [2.75, 3.05) is 13.2 Å². The number of carbonyl (C=O) groups is 2. The van der Waals surface area contributed by atoms with Crippen molar-refractivity contribution < 1.29 is 73.3 Å². The highest BCUT2D eigenvalue weighted by Crippen LogP contribution is 2.47. The van der Waals surface area contributed by atoms with Crippen LogP contribution in [0.5, 0.6) is 0 Å². The summed E-state index contributed by atoms with van der Waals surface area (Å²) >= 11 is 0. The van der Waals surface area contributed by atoms with Gasteiger partial charge >= 0.3 is 19.8 Å². The van der Waals surface area contributed by atoms with E-state index in [4.69, 9.17) is 18.5 Å². The monoisotopic (exact) mass is 965 g/mol. The van der Waals surface area contributed by atoms with Gasteiger partial charge < -0.3 is 50.1 Å². The Balaban J connectivity index is 2.60. The molecule has 1 fully saturated rings. The molecule has 16 heteroatoms. The summed E-state index contributed by atoms with van der Waals surface area (Å²) in [5, 5.41) is 70.2. The van der Waals surface area contributed by atoms with Crippen LogP contribution in [-0.2, 0) is 32.7 Å². The number of ether oxygens (including phenoxy) is 2. The fourth-order valence-electron chi connectivity index (χ4n) is 6.39. The Kier molecular flexibility index (Phi) is 36.0. The van der Waals surface area contributed by atoms with E-state index >= 15 is 0 Å². The van der Waals surface area contributed by atoms with E-state index in [2.05, 4.69) is 31.2 Å². The number of aliphatic hydroxyl groups excluding tert-OH is 7. The zero-order valence-electron chi connectivity index (χ0n) is 39.6. The van der Waals surface area contributed by atoms with Gasteiger partial charge in [-0.15, -0.1) is 0 Å². The number of unbranched alkanes of at least 4 members (excludes halogenated alkanes) is 8. The summed E-state index contributed by atoms with van der Waals surface area (Å²) in [6.07, 6.45) is 33.5. The SMILES string of the molecule is CC/C=C\C[C@@H](O)/C=C/C=C\C/C=C\C=C\[C@@H](O)/C=C\CCCC(=O)OC[C@H](COP(=O)(O)OC1[C@H](O)[C@H](O)C(O)[C@H](O)[C@H]1O)OC(=O)CCC/C=C\C/C=C\C/C=C\CCCCCCCC. The van der Waals surface area contributed by atoms with Gasteiger partial charge in [-0.1, -0.05) is 155 Å². The Labute approximate surface area is 398 Å². The highest BCUT2D eigenvalue weighted by molar-refractivity contribution is 7.47. The Bertz CT molecular complexity index is 1620. The summed E-state index contributed by atoms with van der Waals surface area (Å²) in [6, 6.07) is 0. The standard InChI is InChI=1S/C51H81O15P/c1-3-5-7-8-9-10-11-12-13-14-15-16-17-18-22-25-31-38-45(55)65-43(40-64-67(61,62)66-51-49(59)47(57)46(56)48(58)50(51)60)39-63-44(54)37-32-26-30-36-42(53)35-29-24-21-19-20-23-28-34-41(52)33-27-6-4-2/h6,12-13,15-16,18,20-24,27-30,34-36,41-43,46-53,56-60H,3-5,7-11,14,17,19,25-26,31-33,37-40H2,1-2H3,(H,61,62)/b13-12-,16-15-,22-18-,23-20-,24-21-,27-6-,34-28+,35-29+,36-30-/t41-,42-,43-,46?,47-,48+,49-,50-,51?/m1/s1. The molecule has 0 amide bonds. The van der Waals surface area contributed by atoms with Crippen molar-refractivity contribution in [3.8, 4) is 0 Å². The molecule has 8 N–H and O–H groups in total. The summed E-state index contributed by atoms with van der Waals surface area (Å²) in [6.45, 7) is 2.88. The van der Waals surface area contributed by atoms with Crippen molar-refractivity contribution in [3.63, 3.8) is 0 Å². The maximum absolute atomic E-state index is 12.8. The summed E-state index contributed by atoms with van der Waals surface area (Å²) in [5.74, 6) is -1.36. The molecule has 1 rings (SSSR count).